The van der Waals surface area contributed by atoms with Crippen LogP contribution in [-0.4, -0.2) is 15.9 Å². The molecule has 1 amide bonds. The smallest absolute Gasteiger partial charge is 0.226 e. The predicted octanol–water partition coefficient (Wildman–Crippen LogP) is 4.44. The van der Waals surface area contributed by atoms with Gasteiger partial charge in [-0.3, -0.25) is 4.79 Å². The maximum atomic E-state index is 12.0. The van der Waals surface area contributed by atoms with E-state index in [-0.39, 0.29) is 11.8 Å². The van der Waals surface area contributed by atoms with Crippen LogP contribution in [0.3, 0.4) is 0 Å². The first-order valence-electron chi connectivity index (χ1n) is 7.82. The molecule has 1 heterocycles. The number of H-pyrrole nitrogens is 1. The lowest BCUT2D eigenvalue weighted by Gasteiger charge is -2.11. The molecule has 0 spiro atoms. The molecule has 3 rings (SSSR count). The lowest BCUT2D eigenvalue weighted by molar-refractivity contribution is -0.118. The summed E-state index contributed by atoms with van der Waals surface area (Å²) in [5.41, 5.74) is 5.99. The monoisotopic (exact) mass is 307 g/mol. The molecular formula is C19H21N3O. The first-order chi connectivity index (χ1) is 10.9. The highest BCUT2D eigenvalue weighted by atomic mass is 16.1. The van der Waals surface area contributed by atoms with Crippen molar-refractivity contribution in [1.82, 2.24) is 9.97 Å². The normalized spacial score (nSPS) is 11.2. The molecule has 4 heteroatoms. The third kappa shape index (κ3) is 3.11. The largest absolute Gasteiger partial charge is 0.338 e. The van der Waals surface area contributed by atoms with Gasteiger partial charge >= 0.3 is 0 Å². The van der Waals surface area contributed by atoms with E-state index in [1.807, 2.05) is 45.0 Å². The van der Waals surface area contributed by atoms with Crippen LogP contribution in [0.5, 0.6) is 0 Å². The molecule has 0 saturated carbocycles. The quantitative estimate of drug-likeness (QED) is 0.751. The highest BCUT2D eigenvalue weighted by molar-refractivity contribution is 5.93. The van der Waals surface area contributed by atoms with Gasteiger partial charge in [0.2, 0.25) is 5.91 Å². The Balaban J connectivity index is 2.00. The molecule has 0 radical (unpaired) electrons. The van der Waals surface area contributed by atoms with Gasteiger partial charge in [0.15, 0.2) is 0 Å². The molecule has 2 aromatic carbocycles. The highest BCUT2D eigenvalue weighted by Crippen LogP contribution is 2.26. The van der Waals surface area contributed by atoms with Crippen LogP contribution in [0.15, 0.2) is 36.4 Å². The number of nitrogens with zero attached hydrogens (tertiary/aromatic N) is 1. The SMILES string of the molecule is Cc1ccc2nc(-c3ccc(C)c(NC(=O)C(C)C)c3)[nH]c2c1. The fourth-order valence-corrected chi connectivity index (χ4v) is 2.44. The van der Waals surface area contributed by atoms with E-state index >= 15 is 0 Å². The second kappa shape index (κ2) is 5.88. The van der Waals surface area contributed by atoms with Gasteiger partial charge in [-0.1, -0.05) is 32.0 Å². The number of carbonyl (C=O) groups excluding carboxylic acids is 1. The second-order valence-corrected chi connectivity index (χ2v) is 6.28. The molecule has 0 aliphatic rings. The zero-order chi connectivity index (χ0) is 16.6. The Hall–Kier alpha value is -2.62. The summed E-state index contributed by atoms with van der Waals surface area (Å²) in [6, 6.07) is 12.1. The molecule has 0 unspecified atom stereocenters. The lowest BCUT2D eigenvalue weighted by Crippen LogP contribution is -2.18. The Bertz CT molecular complexity index is 877. The standard InChI is InChI=1S/C19H21N3O/c1-11(2)19(23)22-16-10-14(7-6-13(16)4)18-20-15-8-5-12(3)9-17(15)21-18/h5-11H,1-4H3,(H,20,21)(H,22,23). The number of amides is 1. The van der Waals surface area contributed by atoms with Gasteiger partial charge in [0.05, 0.1) is 11.0 Å². The first kappa shape index (κ1) is 15.3. The van der Waals surface area contributed by atoms with E-state index in [1.165, 1.54) is 5.56 Å². The molecule has 0 aliphatic heterocycles. The maximum Gasteiger partial charge on any atom is 0.226 e. The first-order valence-corrected chi connectivity index (χ1v) is 7.82. The topological polar surface area (TPSA) is 57.8 Å². The van der Waals surface area contributed by atoms with Crippen LogP contribution >= 0.6 is 0 Å². The van der Waals surface area contributed by atoms with Crippen molar-refractivity contribution in [3.8, 4) is 11.4 Å². The minimum absolute atomic E-state index is 0.0190. The van der Waals surface area contributed by atoms with Gasteiger partial charge in [0.25, 0.3) is 0 Å². The molecule has 0 fully saturated rings. The summed E-state index contributed by atoms with van der Waals surface area (Å²) in [7, 11) is 0. The molecule has 118 valence electrons. The van der Waals surface area contributed by atoms with E-state index in [4.69, 9.17) is 0 Å². The zero-order valence-electron chi connectivity index (χ0n) is 13.9. The molecule has 4 nitrogen and oxygen atoms in total. The van der Waals surface area contributed by atoms with Crippen molar-refractivity contribution >= 4 is 22.6 Å². The van der Waals surface area contributed by atoms with E-state index in [2.05, 4.69) is 34.3 Å². The number of hydrogen-bond acceptors (Lipinski definition) is 2. The third-order valence-corrected chi connectivity index (χ3v) is 3.93. The number of aromatic amines is 1. The average Bonchev–Trinajstić information content (AvgIpc) is 2.92. The van der Waals surface area contributed by atoms with E-state index in [1.54, 1.807) is 0 Å². The number of aryl methyl sites for hydroxylation is 2. The Morgan fingerprint density at radius 1 is 1.13 bits per heavy atom. The minimum Gasteiger partial charge on any atom is -0.338 e. The maximum absolute atomic E-state index is 12.0. The van der Waals surface area contributed by atoms with Crippen molar-refractivity contribution in [3.63, 3.8) is 0 Å². The Morgan fingerprint density at radius 2 is 1.91 bits per heavy atom. The summed E-state index contributed by atoms with van der Waals surface area (Å²) < 4.78 is 0. The summed E-state index contributed by atoms with van der Waals surface area (Å²) in [5.74, 6) is 0.781. The van der Waals surface area contributed by atoms with E-state index in [0.717, 1.165) is 33.7 Å². The number of nitrogens with one attached hydrogen (secondary N) is 2. The zero-order valence-corrected chi connectivity index (χ0v) is 13.9. The number of hydrogen-bond donors (Lipinski definition) is 2. The van der Waals surface area contributed by atoms with Gasteiger partial charge in [-0.2, -0.15) is 0 Å². The number of imidazole rings is 1. The van der Waals surface area contributed by atoms with Crippen LogP contribution in [0.2, 0.25) is 0 Å². The minimum atomic E-state index is -0.0489. The van der Waals surface area contributed by atoms with Crippen LogP contribution in [-0.2, 0) is 4.79 Å². The molecule has 0 aliphatic carbocycles. The lowest BCUT2D eigenvalue weighted by atomic mass is 10.1. The van der Waals surface area contributed by atoms with Crippen molar-refractivity contribution in [3.05, 3.63) is 47.5 Å². The van der Waals surface area contributed by atoms with Crippen LogP contribution in [0.4, 0.5) is 5.69 Å². The molecule has 0 saturated heterocycles. The summed E-state index contributed by atoms with van der Waals surface area (Å²) in [6.07, 6.45) is 0. The Morgan fingerprint density at radius 3 is 2.65 bits per heavy atom. The molecule has 23 heavy (non-hydrogen) atoms. The summed E-state index contributed by atoms with van der Waals surface area (Å²) in [4.78, 5) is 19.9. The molecule has 2 N–H and O–H groups in total. The number of aromatic nitrogens is 2. The molecule has 0 atom stereocenters. The average molecular weight is 307 g/mol. The van der Waals surface area contributed by atoms with Crippen molar-refractivity contribution < 1.29 is 4.79 Å². The van der Waals surface area contributed by atoms with Crippen LogP contribution in [0.1, 0.15) is 25.0 Å². The highest BCUT2D eigenvalue weighted by Gasteiger charge is 2.11. The van der Waals surface area contributed by atoms with E-state index in [9.17, 15) is 4.79 Å². The van der Waals surface area contributed by atoms with E-state index < -0.39 is 0 Å². The third-order valence-electron chi connectivity index (χ3n) is 3.93. The van der Waals surface area contributed by atoms with Gasteiger partial charge in [-0.15, -0.1) is 0 Å². The van der Waals surface area contributed by atoms with Gasteiger partial charge < -0.3 is 10.3 Å². The summed E-state index contributed by atoms with van der Waals surface area (Å²) >= 11 is 0. The number of rotatable bonds is 3. The Labute approximate surface area is 136 Å². The van der Waals surface area contributed by atoms with E-state index in [0.29, 0.717) is 0 Å². The fourth-order valence-electron chi connectivity index (χ4n) is 2.44. The number of carbonyl (C=O) groups is 1. The van der Waals surface area contributed by atoms with Gasteiger partial charge in [-0.05, 0) is 43.2 Å². The van der Waals surface area contributed by atoms with Gasteiger partial charge in [-0.25, -0.2) is 4.98 Å². The van der Waals surface area contributed by atoms with Crippen LogP contribution in [0.25, 0.3) is 22.4 Å². The van der Waals surface area contributed by atoms with Gasteiger partial charge in [0.1, 0.15) is 5.82 Å². The van der Waals surface area contributed by atoms with Crippen LogP contribution < -0.4 is 5.32 Å². The molecule has 0 bridgehead atoms. The number of anilines is 1. The van der Waals surface area contributed by atoms with Crippen molar-refractivity contribution in [1.29, 1.82) is 0 Å². The molecule has 3 aromatic rings. The number of benzene rings is 2. The van der Waals surface area contributed by atoms with Gasteiger partial charge in [0, 0.05) is 17.2 Å². The molecular weight excluding hydrogens is 286 g/mol. The Kier molecular flexibility index (Phi) is 3.90. The van der Waals surface area contributed by atoms with Crippen LogP contribution in [0, 0.1) is 19.8 Å². The summed E-state index contributed by atoms with van der Waals surface area (Å²) in [6.45, 7) is 7.82. The molecule has 1 aromatic heterocycles. The fraction of sp³-hybridized carbons (Fsp3) is 0.263. The summed E-state index contributed by atoms with van der Waals surface area (Å²) in [5, 5.41) is 2.98. The van der Waals surface area contributed by atoms with Crippen molar-refractivity contribution in [2.75, 3.05) is 5.32 Å². The van der Waals surface area contributed by atoms with Crippen molar-refractivity contribution in [2.24, 2.45) is 5.92 Å². The predicted molar refractivity (Wildman–Crippen MR) is 94.5 cm³/mol. The number of fused-ring (bicyclic) bond motifs is 1. The second-order valence-electron chi connectivity index (χ2n) is 6.28. The van der Waals surface area contributed by atoms with Crippen molar-refractivity contribution in [2.45, 2.75) is 27.7 Å².